The second-order valence-electron chi connectivity index (χ2n) is 5.40. The maximum absolute atomic E-state index is 12.0. The molecular formula is C15H10N6O4S. The van der Waals surface area contributed by atoms with Gasteiger partial charge >= 0.3 is 0 Å². The number of azo groups is 1. The van der Waals surface area contributed by atoms with Crippen LogP contribution in [0.2, 0.25) is 0 Å². The number of hydrogen-bond acceptors (Lipinski definition) is 7. The van der Waals surface area contributed by atoms with E-state index in [0.717, 1.165) is 4.96 Å². The zero-order chi connectivity index (χ0) is 18.3. The first kappa shape index (κ1) is 15.9. The lowest BCUT2D eigenvalue weighted by molar-refractivity contribution is -0.384. The number of thiazole rings is 1. The number of carbonyl (C=O) groups is 1. The van der Waals surface area contributed by atoms with Crippen LogP contribution < -0.4 is 0 Å². The lowest BCUT2D eigenvalue weighted by Gasteiger charge is -1.93. The molecule has 3 heterocycles. The molecule has 4 aromatic rings. The van der Waals surface area contributed by atoms with Crippen molar-refractivity contribution in [1.82, 2.24) is 14.4 Å². The van der Waals surface area contributed by atoms with E-state index in [1.165, 1.54) is 29.5 Å². The smallest absolute Gasteiger partial charge is 0.270 e. The van der Waals surface area contributed by atoms with Gasteiger partial charge in [-0.3, -0.25) is 19.3 Å². The monoisotopic (exact) mass is 370 g/mol. The Morgan fingerprint density at radius 2 is 2.31 bits per heavy atom. The van der Waals surface area contributed by atoms with Crippen LogP contribution in [-0.4, -0.2) is 30.3 Å². The minimum atomic E-state index is -0.556. The van der Waals surface area contributed by atoms with Gasteiger partial charge in [0.1, 0.15) is 0 Å². The Balaban J connectivity index is 1.59. The molecule has 11 heteroatoms. The molecule has 0 aliphatic carbocycles. The summed E-state index contributed by atoms with van der Waals surface area (Å²) < 4.78 is 1.80. The summed E-state index contributed by atoms with van der Waals surface area (Å²) in [7, 11) is 0. The number of amides is 1. The van der Waals surface area contributed by atoms with E-state index in [1.54, 1.807) is 10.6 Å². The van der Waals surface area contributed by atoms with Gasteiger partial charge in [-0.2, -0.15) is 0 Å². The molecule has 0 saturated heterocycles. The van der Waals surface area contributed by atoms with E-state index >= 15 is 0 Å². The topological polar surface area (TPSA) is 138 Å². The fourth-order valence-corrected chi connectivity index (χ4v) is 3.24. The summed E-state index contributed by atoms with van der Waals surface area (Å²) in [5.41, 5.74) is 0.823. The fraction of sp³-hybridized carbons (Fsp3) is 0.0667. The third-order valence-electron chi connectivity index (χ3n) is 3.68. The van der Waals surface area contributed by atoms with E-state index in [2.05, 4.69) is 20.2 Å². The molecule has 10 nitrogen and oxygen atoms in total. The minimum absolute atomic E-state index is 0.0251. The Morgan fingerprint density at radius 3 is 3.08 bits per heavy atom. The number of nitro benzene ring substituents is 1. The van der Waals surface area contributed by atoms with E-state index in [-0.39, 0.29) is 23.7 Å². The highest BCUT2D eigenvalue weighted by molar-refractivity contribution is 7.15. The van der Waals surface area contributed by atoms with Crippen molar-refractivity contribution in [3.05, 3.63) is 51.8 Å². The van der Waals surface area contributed by atoms with Gasteiger partial charge in [0.15, 0.2) is 10.6 Å². The molecule has 1 aromatic carbocycles. The van der Waals surface area contributed by atoms with Gasteiger partial charge in [0.05, 0.1) is 22.6 Å². The number of rotatable bonds is 4. The molecule has 0 fully saturated rings. The number of hydrogen-bond donors (Lipinski definition) is 2. The van der Waals surface area contributed by atoms with Crippen LogP contribution in [-0.2, 0) is 11.2 Å². The molecule has 130 valence electrons. The molecule has 0 aliphatic rings. The van der Waals surface area contributed by atoms with Gasteiger partial charge in [-0.15, -0.1) is 21.6 Å². The Bertz CT molecular complexity index is 1160. The van der Waals surface area contributed by atoms with Gasteiger partial charge in [-0.25, -0.2) is 4.98 Å². The Labute approximate surface area is 148 Å². The number of H-pyrrole nitrogens is 1. The van der Waals surface area contributed by atoms with E-state index in [0.29, 0.717) is 16.6 Å². The molecule has 2 N–H and O–H groups in total. The molecule has 3 aromatic heterocycles. The molecule has 26 heavy (non-hydrogen) atoms. The third kappa shape index (κ3) is 2.80. The summed E-state index contributed by atoms with van der Waals surface area (Å²) in [5, 5.41) is 30.4. The van der Waals surface area contributed by atoms with E-state index < -0.39 is 10.8 Å². The lowest BCUT2D eigenvalue weighted by Crippen LogP contribution is -1.98. The second-order valence-corrected chi connectivity index (χ2v) is 6.28. The SMILES string of the molecule is O=C(Cc1cn2ccsc2n1)N=Nc1c(O)[nH]c2ccc([N+](=O)[O-])cc12. The normalized spacial score (nSPS) is 11.7. The molecule has 4 rings (SSSR count). The number of imidazole rings is 1. The van der Waals surface area contributed by atoms with Crippen LogP contribution in [0.1, 0.15) is 5.69 Å². The van der Waals surface area contributed by atoms with Gasteiger partial charge < -0.3 is 10.1 Å². The molecular weight excluding hydrogens is 360 g/mol. The molecule has 0 radical (unpaired) electrons. The number of nitrogens with zero attached hydrogens (tertiary/aromatic N) is 5. The average Bonchev–Trinajstić information content (AvgIpc) is 3.25. The zero-order valence-corrected chi connectivity index (χ0v) is 13.8. The molecule has 0 unspecified atom stereocenters. The summed E-state index contributed by atoms with van der Waals surface area (Å²) in [6, 6.07) is 4.01. The highest BCUT2D eigenvalue weighted by Gasteiger charge is 2.15. The highest BCUT2D eigenvalue weighted by Crippen LogP contribution is 2.37. The molecule has 0 spiro atoms. The Morgan fingerprint density at radius 1 is 1.46 bits per heavy atom. The molecule has 0 atom stereocenters. The molecule has 0 aliphatic heterocycles. The zero-order valence-electron chi connectivity index (χ0n) is 13.0. The molecule has 0 bridgehead atoms. The largest absolute Gasteiger partial charge is 0.493 e. The van der Waals surface area contributed by atoms with Crippen LogP contribution in [0.25, 0.3) is 15.9 Å². The number of aromatic nitrogens is 3. The number of fused-ring (bicyclic) bond motifs is 2. The van der Waals surface area contributed by atoms with Crippen LogP contribution in [0.15, 0.2) is 46.2 Å². The first-order valence-electron chi connectivity index (χ1n) is 7.36. The standard InChI is InChI=1S/C15H10N6O4S/c22-12(5-8-7-20-3-4-26-15(20)16-8)18-19-13-10-6-9(21(24)25)1-2-11(10)17-14(13)23/h1-4,6-7,17,23H,5H2. The van der Waals surface area contributed by atoms with Crippen molar-refractivity contribution in [1.29, 1.82) is 0 Å². The van der Waals surface area contributed by atoms with Crippen molar-refractivity contribution in [3.8, 4) is 5.88 Å². The summed E-state index contributed by atoms with van der Waals surface area (Å²) in [6.07, 6.45) is 3.52. The number of aromatic hydroxyl groups is 1. The van der Waals surface area contributed by atoms with Crippen molar-refractivity contribution in [2.45, 2.75) is 6.42 Å². The van der Waals surface area contributed by atoms with Gasteiger partial charge in [-0.1, -0.05) is 0 Å². The number of benzene rings is 1. The Kier molecular flexibility index (Phi) is 3.69. The van der Waals surface area contributed by atoms with Crippen molar-refractivity contribution < 1.29 is 14.8 Å². The summed E-state index contributed by atoms with van der Waals surface area (Å²) in [4.78, 5) is 30.1. The first-order valence-corrected chi connectivity index (χ1v) is 8.24. The number of nitrogens with one attached hydrogen (secondary N) is 1. The first-order chi connectivity index (χ1) is 12.5. The van der Waals surface area contributed by atoms with Gasteiger partial charge in [0.2, 0.25) is 5.88 Å². The van der Waals surface area contributed by atoms with Crippen molar-refractivity contribution in [3.63, 3.8) is 0 Å². The van der Waals surface area contributed by atoms with E-state index in [4.69, 9.17) is 0 Å². The number of non-ortho nitro benzene ring substituents is 1. The van der Waals surface area contributed by atoms with E-state index in [1.807, 2.05) is 11.6 Å². The predicted octanol–water partition coefficient (Wildman–Crippen LogP) is 3.34. The maximum atomic E-state index is 12.0. The van der Waals surface area contributed by atoms with Gasteiger partial charge in [0, 0.05) is 35.3 Å². The van der Waals surface area contributed by atoms with Crippen LogP contribution in [0, 0.1) is 10.1 Å². The summed E-state index contributed by atoms with van der Waals surface area (Å²) >= 11 is 1.45. The second kappa shape index (κ2) is 6.04. The van der Waals surface area contributed by atoms with Crippen LogP contribution >= 0.6 is 11.3 Å². The van der Waals surface area contributed by atoms with Crippen molar-refractivity contribution >= 4 is 44.5 Å². The minimum Gasteiger partial charge on any atom is -0.493 e. The molecule has 1 amide bonds. The Hall–Kier alpha value is -3.60. The van der Waals surface area contributed by atoms with Crippen LogP contribution in [0.3, 0.4) is 0 Å². The third-order valence-corrected chi connectivity index (χ3v) is 4.45. The average molecular weight is 370 g/mol. The number of carbonyl (C=O) groups excluding carboxylic acids is 1. The number of nitro groups is 1. The number of aromatic amines is 1. The summed E-state index contributed by atoms with van der Waals surface area (Å²) in [5.74, 6) is -0.866. The maximum Gasteiger partial charge on any atom is 0.270 e. The van der Waals surface area contributed by atoms with Crippen molar-refractivity contribution in [2.24, 2.45) is 10.2 Å². The van der Waals surface area contributed by atoms with Gasteiger partial charge in [-0.05, 0) is 6.07 Å². The van der Waals surface area contributed by atoms with E-state index in [9.17, 15) is 20.0 Å². The molecule has 0 saturated carbocycles. The van der Waals surface area contributed by atoms with Gasteiger partial charge in [0.25, 0.3) is 11.6 Å². The van der Waals surface area contributed by atoms with Crippen LogP contribution in [0.4, 0.5) is 11.4 Å². The lowest BCUT2D eigenvalue weighted by atomic mass is 10.2. The van der Waals surface area contributed by atoms with Crippen molar-refractivity contribution in [2.75, 3.05) is 0 Å². The predicted molar refractivity (Wildman–Crippen MR) is 92.9 cm³/mol. The highest BCUT2D eigenvalue weighted by atomic mass is 32.1. The quantitative estimate of drug-likeness (QED) is 0.322. The summed E-state index contributed by atoms with van der Waals surface area (Å²) in [6.45, 7) is 0. The fourth-order valence-electron chi connectivity index (χ4n) is 2.52. The van der Waals surface area contributed by atoms with Crippen LogP contribution in [0.5, 0.6) is 5.88 Å².